The topological polar surface area (TPSA) is 52.9 Å². The minimum absolute atomic E-state index is 0.126. The molecule has 0 radical (unpaired) electrons. The second-order valence-corrected chi connectivity index (χ2v) is 6.48. The van der Waals surface area contributed by atoms with Gasteiger partial charge in [-0.15, -0.1) is 0 Å². The fourth-order valence-corrected chi connectivity index (χ4v) is 2.91. The summed E-state index contributed by atoms with van der Waals surface area (Å²) < 4.78 is 0. The summed E-state index contributed by atoms with van der Waals surface area (Å²) in [5, 5.41) is 12.3. The van der Waals surface area contributed by atoms with Crippen molar-refractivity contribution in [3.05, 3.63) is 35.9 Å². The first-order valence-electron chi connectivity index (χ1n) is 7.24. The van der Waals surface area contributed by atoms with Gasteiger partial charge in [0, 0.05) is 6.04 Å². The van der Waals surface area contributed by atoms with Gasteiger partial charge in [0.2, 0.25) is 5.91 Å². The van der Waals surface area contributed by atoms with Crippen molar-refractivity contribution < 1.29 is 4.79 Å². The quantitative estimate of drug-likeness (QED) is 0.914. The molecule has 1 fully saturated rings. The Morgan fingerprint density at radius 3 is 2.70 bits per heavy atom. The molecule has 0 saturated heterocycles. The summed E-state index contributed by atoms with van der Waals surface area (Å²) in [4.78, 5) is 12.2. The lowest BCUT2D eigenvalue weighted by Gasteiger charge is -2.19. The summed E-state index contributed by atoms with van der Waals surface area (Å²) >= 11 is 0. The molecule has 1 aromatic carbocycles. The fraction of sp³-hybridized carbons (Fsp3) is 0.529. The van der Waals surface area contributed by atoms with Crippen molar-refractivity contribution in [2.75, 3.05) is 0 Å². The molecule has 3 nitrogen and oxygen atoms in total. The van der Waals surface area contributed by atoms with Gasteiger partial charge in [0.15, 0.2) is 0 Å². The smallest absolute Gasteiger partial charge is 0.237 e. The van der Waals surface area contributed by atoms with Crippen LogP contribution in [0.2, 0.25) is 0 Å². The molecule has 0 spiro atoms. The van der Waals surface area contributed by atoms with Crippen LogP contribution in [0.5, 0.6) is 0 Å². The lowest BCUT2D eigenvalue weighted by molar-refractivity contribution is -0.124. The Bertz CT molecular complexity index is 501. The maximum Gasteiger partial charge on any atom is 0.237 e. The molecule has 20 heavy (non-hydrogen) atoms. The SMILES string of the molecule is CC1(C)CCC(NC(=O)C(C#N)Cc2ccccc2)C1. The van der Waals surface area contributed by atoms with Crippen LogP contribution in [0.25, 0.3) is 0 Å². The molecule has 1 aromatic rings. The maximum absolute atomic E-state index is 12.2. The van der Waals surface area contributed by atoms with Crippen molar-refractivity contribution in [3.63, 3.8) is 0 Å². The van der Waals surface area contributed by atoms with Crippen LogP contribution in [0.15, 0.2) is 30.3 Å². The van der Waals surface area contributed by atoms with E-state index in [0.29, 0.717) is 11.8 Å². The molecule has 1 aliphatic rings. The number of benzene rings is 1. The maximum atomic E-state index is 12.2. The minimum Gasteiger partial charge on any atom is -0.352 e. The summed E-state index contributed by atoms with van der Waals surface area (Å²) in [7, 11) is 0. The zero-order valence-corrected chi connectivity index (χ0v) is 12.2. The largest absolute Gasteiger partial charge is 0.352 e. The van der Waals surface area contributed by atoms with Crippen LogP contribution in [0.1, 0.15) is 38.7 Å². The number of amides is 1. The number of carbonyl (C=O) groups is 1. The second kappa shape index (κ2) is 6.09. The first-order valence-corrected chi connectivity index (χ1v) is 7.24. The van der Waals surface area contributed by atoms with E-state index in [1.54, 1.807) is 0 Å². The summed E-state index contributed by atoms with van der Waals surface area (Å²) in [6.07, 6.45) is 3.64. The predicted molar refractivity (Wildman–Crippen MR) is 78.8 cm³/mol. The highest BCUT2D eigenvalue weighted by molar-refractivity contribution is 5.81. The molecule has 0 bridgehead atoms. The van der Waals surface area contributed by atoms with Crippen LogP contribution in [-0.2, 0) is 11.2 Å². The van der Waals surface area contributed by atoms with Crippen LogP contribution in [0.3, 0.4) is 0 Å². The third kappa shape index (κ3) is 3.84. The second-order valence-electron chi connectivity index (χ2n) is 6.48. The van der Waals surface area contributed by atoms with Gasteiger partial charge in [0.05, 0.1) is 6.07 Å². The van der Waals surface area contributed by atoms with Gasteiger partial charge < -0.3 is 5.32 Å². The lowest BCUT2D eigenvalue weighted by atomic mass is 9.91. The molecule has 1 N–H and O–H groups in total. The highest BCUT2D eigenvalue weighted by Gasteiger charge is 2.32. The van der Waals surface area contributed by atoms with E-state index in [-0.39, 0.29) is 11.9 Å². The molecule has 2 rings (SSSR count). The molecule has 2 atom stereocenters. The molecule has 3 heteroatoms. The van der Waals surface area contributed by atoms with Gasteiger partial charge in [-0.1, -0.05) is 44.2 Å². The van der Waals surface area contributed by atoms with E-state index in [4.69, 9.17) is 0 Å². The minimum atomic E-state index is -0.596. The molecule has 1 saturated carbocycles. The average molecular weight is 270 g/mol. The number of nitrogens with zero attached hydrogens (tertiary/aromatic N) is 1. The Kier molecular flexibility index (Phi) is 4.44. The van der Waals surface area contributed by atoms with Crippen LogP contribution in [0.4, 0.5) is 0 Å². The van der Waals surface area contributed by atoms with E-state index in [9.17, 15) is 10.1 Å². The van der Waals surface area contributed by atoms with E-state index < -0.39 is 5.92 Å². The van der Waals surface area contributed by atoms with Crippen LogP contribution in [-0.4, -0.2) is 11.9 Å². The predicted octanol–water partition coefficient (Wildman–Crippen LogP) is 3.06. The standard InChI is InChI=1S/C17H22N2O/c1-17(2)9-8-15(11-17)19-16(20)14(12-18)10-13-6-4-3-5-7-13/h3-7,14-15H,8-11H2,1-2H3,(H,19,20). The molecule has 0 aliphatic heterocycles. The normalized spacial score (nSPS) is 21.9. The van der Waals surface area contributed by atoms with Gasteiger partial charge in [-0.05, 0) is 36.7 Å². The number of nitriles is 1. The van der Waals surface area contributed by atoms with Crippen LogP contribution >= 0.6 is 0 Å². The molecule has 106 valence electrons. The Morgan fingerprint density at radius 1 is 1.45 bits per heavy atom. The van der Waals surface area contributed by atoms with Crippen LogP contribution in [0, 0.1) is 22.7 Å². The summed E-state index contributed by atoms with van der Waals surface area (Å²) in [5.41, 5.74) is 1.33. The molecule has 0 aromatic heterocycles. The Morgan fingerprint density at radius 2 is 2.15 bits per heavy atom. The monoisotopic (exact) mass is 270 g/mol. The first kappa shape index (κ1) is 14.6. The summed E-state index contributed by atoms with van der Waals surface area (Å²) in [6.45, 7) is 4.45. The third-order valence-corrected chi connectivity index (χ3v) is 4.07. The van der Waals surface area contributed by atoms with Gasteiger partial charge in [0.25, 0.3) is 0 Å². The van der Waals surface area contributed by atoms with Crippen molar-refractivity contribution in [1.29, 1.82) is 5.26 Å². The summed E-state index contributed by atoms with van der Waals surface area (Å²) in [6, 6.07) is 12.1. The van der Waals surface area contributed by atoms with Gasteiger partial charge in [0.1, 0.15) is 5.92 Å². The third-order valence-electron chi connectivity index (χ3n) is 4.07. The van der Waals surface area contributed by atoms with E-state index in [2.05, 4.69) is 25.2 Å². The Hall–Kier alpha value is -1.82. The van der Waals surface area contributed by atoms with Crippen molar-refractivity contribution in [1.82, 2.24) is 5.32 Å². The zero-order valence-electron chi connectivity index (χ0n) is 12.2. The molecular formula is C17H22N2O. The average Bonchev–Trinajstić information content (AvgIpc) is 2.76. The van der Waals surface area contributed by atoms with Crippen molar-refractivity contribution >= 4 is 5.91 Å². The molecular weight excluding hydrogens is 248 g/mol. The first-order chi connectivity index (χ1) is 9.50. The number of carbonyl (C=O) groups excluding carboxylic acids is 1. The zero-order chi connectivity index (χ0) is 14.6. The van der Waals surface area contributed by atoms with Crippen molar-refractivity contribution in [2.45, 2.75) is 45.6 Å². The number of hydrogen-bond donors (Lipinski definition) is 1. The fourth-order valence-electron chi connectivity index (χ4n) is 2.91. The number of rotatable bonds is 4. The summed E-state index contributed by atoms with van der Waals surface area (Å²) in [5.74, 6) is -0.722. The molecule has 1 amide bonds. The van der Waals surface area contributed by atoms with Crippen molar-refractivity contribution in [3.8, 4) is 6.07 Å². The van der Waals surface area contributed by atoms with Crippen molar-refractivity contribution in [2.24, 2.45) is 11.3 Å². The van der Waals surface area contributed by atoms with E-state index >= 15 is 0 Å². The molecule has 2 unspecified atom stereocenters. The Balaban J connectivity index is 1.92. The van der Waals surface area contributed by atoms with Gasteiger partial charge in [-0.25, -0.2) is 0 Å². The van der Waals surface area contributed by atoms with E-state index in [0.717, 1.165) is 24.8 Å². The van der Waals surface area contributed by atoms with Gasteiger partial charge in [-0.2, -0.15) is 5.26 Å². The number of hydrogen-bond acceptors (Lipinski definition) is 2. The lowest BCUT2D eigenvalue weighted by Crippen LogP contribution is -2.38. The Labute approximate surface area is 121 Å². The van der Waals surface area contributed by atoms with Crippen LogP contribution < -0.4 is 5.32 Å². The molecule has 0 heterocycles. The highest BCUT2D eigenvalue weighted by atomic mass is 16.1. The van der Waals surface area contributed by atoms with E-state index in [1.165, 1.54) is 0 Å². The highest BCUT2D eigenvalue weighted by Crippen LogP contribution is 2.36. The van der Waals surface area contributed by atoms with Gasteiger partial charge in [-0.3, -0.25) is 4.79 Å². The molecule has 1 aliphatic carbocycles. The van der Waals surface area contributed by atoms with Gasteiger partial charge >= 0.3 is 0 Å². The number of nitrogens with one attached hydrogen (secondary N) is 1. The van der Waals surface area contributed by atoms with E-state index in [1.807, 2.05) is 30.3 Å².